The van der Waals surface area contributed by atoms with Crippen molar-refractivity contribution in [2.45, 2.75) is 25.0 Å². The van der Waals surface area contributed by atoms with Crippen LogP contribution in [0.5, 0.6) is 0 Å². The number of ether oxygens (including phenoxy) is 2. The number of esters is 1. The average molecular weight is 325 g/mol. The highest BCUT2D eigenvalue weighted by molar-refractivity contribution is 7.98. The van der Waals surface area contributed by atoms with Gasteiger partial charge in [0.05, 0.1) is 7.11 Å². The zero-order valence-electron chi connectivity index (χ0n) is 13.4. The lowest BCUT2D eigenvalue weighted by Crippen LogP contribution is -2.50. The van der Waals surface area contributed by atoms with E-state index in [0.29, 0.717) is 6.42 Å². The van der Waals surface area contributed by atoms with Crippen molar-refractivity contribution in [3.05, 3.63) is 35.9 Å². The quantitative estimate of drug-likeness (QED) is 0.740. The number of carbonyl (C=O) groups excluding carboxylic acids is 2. The van der Waals surface area contributed by atoms with Gasteiger partial charge in [0, 0.05) is 7.11 Å². The van der Waals surface area contributed by atoms with Crippen LogP contribution in [0.15, 0.2) is 30.3 Å². The molecule has 0 saturated heterocycles. The van der Waals surface area contributed by atoms with E-state index >= 15 is 0 Å². The largest absolute Gasteiger partial charge is 0.467 e. The van der Waals surface area contributed by atoms with E-state index in [9.17, 15) is 9.59 Å². The summed E-state index contributed by atoms with van der Waals surface area (Å²) in [4.78, 5) is 24.5. The maximum atomic E-state index is 12.6. The van der Waals surface area contributed by atoms with E-state index in [1.54, 1.807) is 18.7 Å². The van der Waals surface area contributed by atoms with Crippen molar-refractivity contribution in [3.8, 4) is 0 Å². The zero-order chi connectivity index (χ0) is 16.6. The summed E-state index contributed by atoms with van der Waals surface area (Å²) in [5.74, 6) is -0.0682. The molecule has 0 bridgehead atoms. The Balaban J connectivity index is 2.92. The molecule has 0 aliphatic carbocycles. The molecule has 0 aromatic heterocycles. The summed E-state index contributed by atoms with van der Waals surface area (Å²) in [5, 5.41) is 2.74. The van der Waals surface area contributed by atoms with Crippen LogP contribution in [-0.4, -0.2) is 44.1 Å². The molecule has 1 amide bonds. The smallest absolute Gasteiger partial charge is 0.328 e. The van der Waals surface area contributed by atoms with Gasteiger partial charge in [-0.25, -0.2) is 4.79 Å². The number of amides is 1. The summed E-state index contributed by atoms with van der Waals surface area (Å²) in [7, 11) is 2.79. The first-order valence-electron chi connectivity index (χ1n) is 6.98. The number of rotatable bonds is 8. The maximum absolute atomic E-state index is 12.6. The fourth-order valence-electron chi connectivity index (χ4n) is 2.02. The third-order valence-corrected chi connectivity index (χ3v) is 4.21. The lowest BCUT2D eigenvalue weighted by atomic mass is 9.94. The van der Waals surface area contributed by atoms with Crippen molar-refractivity contribution < 1.29 is 19.1 Å². The number of hydrogen-bond acceptors (Lipinski definition) is 5. The van der Waals surface area contributed by atoms with Crippen LogP contribution < -0.4 is 5.32 Å². The Kier molecular flexibility index (Phi) is 7.41. The van der Waals surface area contributed by atoms with Gasteiger partial charge in [-0.2, -0.15) is 11.8 Å². The van der Waals surface area contributed by atoms with Crippen LogP contribution in [-0.2, 0) is 24.7 Å². The Morgan fingerprint density at radius 3 is 2.41 bits per heavy atom. The van der Waals surface area contributed by atoms with Crippen LogP contribution >= 0.6 is 11.8 Å². The van der Waals surface area contributed by atoms with Crippen molar-refractivity contribution >= 4 is 23.6 Å². The van der Waals surface area contributed by atoms with Gasteiger partial charge in [0.2, 0.25) is 0 Å². The van der Waals surface area contributed by atoms with Crippen LogP contribution in [0.2, 0.25) is 0 Å². The summed E-state index contributed by atoms with van der Waals surface area (Å²) in [5.41, 5.74) is -0.434. The number of nitrogens with one attached hydrogen (secondary N) is 1. The first-order chi connectivity index (χ1) is 10.5. The van der Waals surface area contributed by atoms with Gasteiger partial charge in [-0.3, -0.25) is 4.79 Å². The average Bonchev–Trinajstić information content (AvgIpc) is 2.57. The van der Waals surface area contributed by atoms with Crippen molar-refractivity contribution in [2.75, 3.05) is 26.2 Å². The minimum atomic E-state index is -1.16. The molecule has 6 heteroatoms. The van der Waals surface area contributed by atoms with E-state index in [4.69, 9.17) is 9.47 Å². The molecular formula is C16H23NO4S. The van der Waals surface area contributed by atoms with Crippen LogP contribution in [0.25, 0.3) is 0 Å². The van der Waals surface area contributed by atoms with Crippen LogP contribution in [0.3, 0.4) is 0 Å². The minimum absolute atomic E-state index is 0.363. The number of carbonyl (C=O) groups is 2. The topological polar surface area (TPSA) is 64.6 Å². The van der Waals surface area contributed by atoms with Gasteiger partial charge in [0.15, 0.2) is 5.60 Å². The summed E-state index contributed by atoms with van der Waals surface area (Å²) < 4.78 is 10.2. The van der Waals surface area contributed by atoms with Crippen molar-refractivity contribution in [2.24, 2.45) is 0 Å². The number of methoxy groups -OCH3 is 2. The Hall–Kier alpha value is -1.53. The molecule has 5 nitrogen and oxygen atoms in total. The molecule has 2 atom stereocenters. The van der Waals surface area contributed by atoms with E-state index in [-0.39, 0.29) is 5.91 Å². The van der Waals surface area contributed by atoms with E-state index in [1.165, 1.54) is 14.2 Å². The minimum Gasteiger partial charge on any atom is -0.467 e. The normalized spacial score (nSPS) is 14.7. The highest BCUT2D eigenvalue weighted by Crippen LogP contribution is 2.25. The second-order valence-corrected chi connectivity index (χ2v) is 5.92. The maximum Gasteiger partial charge on any atom is 0.328 e. The van der Waals surface area contributed by atoms with Gasteiger partial charge >= 0.3 is 5.97 Å². The molecular weight excluding hydrogens is 302 g/mol. The number of thioether (sulfide) groups is 1. The van der Waals surface area contributed by atoms with Crippen LogP contribution in [0.4, 0.5) is 0 Å². The van der Waals surface area contributed by atoms with E-state index < -0.39 is 17.6 Å². The third kappa shape index (κ3) is 4.48. The summed E-state index contributed by atoms with van der Waals surface area (Å²) in [6.45, 7) is 1.68. The molecule has 122 valence electrons. The lowest BCUT2D eigenvalue weighted by Gasteiger charge is -2.29. The molecule has 1 N–H and O–H groups in total. The molecule has 1 aromatic rings. The molecule has 0 aliphatic heterocycles. The first kappa shape index (κ1) is 18.5. The Bertz CT molecular complexity index is 494. The predicted octanol–water partition coefficient (Wildman–Crippen LogP) is 1.96. The molecule has 1 aromatic carbocycles. The van der Waals surface area contributed by atoms with Crippen molar-refractivity contribution in [3.63, 3.8) is 0 Å². The molecule has 0 heterocycles. The standard InChI is InChI=1S/C16H23NO4S/c1-16(21-3,12-8-6-5-7-9-12)15(19)17-13(10-11-22-4)14(18)20-2/h5-9,13H,10-11H2,1-4H3,(H,17,19)/t13?,16-/m0/s1. The molecule has 22 heavy (non-hydrogen) atoms. The van der Waals surface area contributed by atoms with Gasteiger partial charge < -0.3 is 14.8 Å². The Labute approximate surface area is 135 Å². The number of hydrogen-bond donors (Lipinski definition) is 1. The molecule has 0 aliphatic rings. The Morgan fingerprint density at radius 1 is 1.27 bits per heavy atom. The molecule has 0 spiro atoms. The van der Waals surface area contributed by atoms with E-state index in [2.05, 4.69) is 5.32 Å². The monoisotopic (exact) mass is 325 g/mol. The predicted molar refractivity (Wildman–Crippen MR) is 87.7 cm³/mol. The fourth-order valence-corrected chi connectivity index (χ4v) is 2.49. The zero-order valence-corrected chi connectivity index (χ0v) is 14.2. The van der Waals surface area contributed by atoms with Gasteiger partial charge in [0.25, 0.3) is 5.91 Å². The van der Waals surface area contributed by atoms with Crippen molar-refractivity contribution in [1.82, 2.24) is 5.32 Å². The third-order valence-electron chi connectivity index (χ3n) is 3.57. The lowest BCUT2D eigenvalue weighted by molar-refractivity contribution is -0.151. The molecule has 1 rings (SSSR count). The first-order valence-corrected chi connectivity index (χ1v) is 8.37. The van der Waals surface area contributed by atoms with Crippen molar-refractivity contribution in [1.29, 1.82) is 0 Å². The summed E-state index contributed by atoms with van der Waals surface area (Å²) in [6.07, 6.45) is 2.45. The van der Waals surface area contributed by atoms with Gasteiger partial charge in [-0.1, -0.05) is 30.3 Å². The second-order valence-electron chi connectivity index (χ2n) is 4.93. The van der Waals surface area contributed by atoms with Crippen LogP contribution in [0.1, 0.15) is 18.9 Å². The van der Waals surface area contributed by atoms with Gasteiger partial charge in [-0.15, -0.1) is 0 Å². The van der Waals surface area contributed by atoms with E-state index in [1.807, 2.05) is 36.6 Å². The van der Waals surface area contributed by atoms with Crippen LogP contribution in [0, 0.1) is 0 Å². The molecule has 0 saturated carbocycles. The highest BCUT2D eigenvalue weighted by atomic mass is 32.2. The van der Waals surface area contributed by atoms with Gasteiger partial charge in [0.1, 0.15) is 6.04 Å². The summed E-state index contributed by atoms with van der Waals surface area (Å²) >= 11 is 1.60. The van der Waals surface area contributed by atoms with E-state index in [0.717, 1.165) is 11.3 Å². The molecule has 0 fully saturated rings. The van der Waals surface area contributed by atoms with Gasteiger partial charge in [-0.05, 0) is 30.9 Å². The fraction of sp³-hybridized carbons (Fsp3) is 0.500. The number of benzene rings is 1. The highest BCUT2D eigenvalue weighted by Gasteiger charge is 2.37. The second kappa shape index (κ2) is 8.80. The Morgan fingerprint density at radius 2 is 1.91 bits per heavy atom. The summed E-state index contributed by atoms with van der Waals surface area (Å²) in [6, 6.07) is 8.50. The molecule has 0 radical (unpaired) electrons. The molecule has 1 unspecified atom stereocenters. The SMILES string of the molecule is COC(=O)C(CCSC)NC(=O)[C@@](C)(OC)c1ccccc1.